The predicted molar refractivity (Wildman–Crippen MR) is 84.7 cm³/mol. The van der Waals surface area contributed by atoms with E-state index in [9.17, 15) is 0 Å². The fourth-order valence-electron chi connectivity index (χ4n) is 3.04. The summed E-state index contributed by atoms with van der Waals surface area (Å²) in [6.45, 7) is 11.6. The summed E-state index contributed by atoms with van der Waals surface area (Å²) in [6.07, 6.45) is 5.08. The molecule has 0 fully saturated rings. The van der Waals surface area contributed by atoms with Crippen molar-refractivity contribution in [3.8, 4) is 0 Å². The summed E-state index contributed by atoms with van der Waals surface area (Å²) in [6, 6.07) is 10.7. The summed E-state index contributed by atoms with van der Waals surface area (Å²) >= 11 is 0. The zero-order valence-electron chi connectivity index (χ0n) is 12.9. The smallest absolute Gasteiger partial charge is 0.227 e. The maximum absolute atomic E-state index is 3.99. The Kier molecular flexibility index (Phi) is 4.78. The second-order valence-corrected chi connectivity index (χ2v) is 4.99. The van der Waals surface area contributed by atoms with E-state index in [1.165, 1.54) is 22.8 Å². The topological polar surface area (TPSA) is 8.81 Å². The Morgan fingerprint density at radius 3 is 2.25 bits per heavy atom. The lowest BCUT2D eigenvalue weighted by atomic mass is 10.2. The van der Waals surface area contributed by atoms with Crippen LogP contribution in [-0.2, 0) is 25.8 Å². The van der Waals surface area contributed by atoms with Gasteiger partial charge < -0.3 is 0 Å². The number of aromatic nitrogens is 2. The van der Waals surface area contributed by atoms with E-state index in [-0.39, 0.29) is 0 Å². The highest BCUT2D eigenvalue weighted by molar-refractivity contribution is 5.27. The van der Waals surface area contributed by atoms with Crippen molar-refractivity contribution >= 4 is 6.20 Å². The van der Waals surface area contributed by atoms with Crippen molar-refractivity contribution in [2.45, 2.75) is 46.6 Å². The number of imidazole rings is 1. The molecule has 0 amide bonds. The molecule has 106 valence electrons. The predicted octanol–water partition coefficient (Wildman–Crippen LogP) is 3.61. The van der Waals surface area contributed by atoms with Gasteiger partial charge in [0.15, 0.2) is 5.69 Å². The summed E-state index contributed by atoms with van der Waals surface area (Å²) in [5.74, 6) is 1.34. The first kappa shape index (κ1) is 14.6. The van der Waals surface area contributed by atoms with Crippen molar-refractivity contribution in [1.82, 2.24) is 4.57 Å². The number of nitrogens with zero attached hydrogens (tertiary/aromatic N) is 2. The van der Waals surface area contributed by atoms with Crippen LogP contribution in [0.15, 0.2) is 36.9 Å². The van der Waals surface area contributed by atoms with Crippen molar-refractivity contribution in [2.75, 3.05) is 0 Å². The first-order valence-corrected chi connectivity index (χ1v) is 7.57. The van der Waals surface area contributed by atoms with E-state index in [2.05, 4.69) is 66.8 Å². The lowest BCUT2D eigenvalue weighted by molar-refractivity contribution is -0.701. The summed E-state index contributed by atoms with van der Waals surface area (Å²) in [5, 5.41) is 0. The minimum Gasteiger partial charge on any atom is -0.227 e. The average Bonchev–Trinajstić information content (AvgIpc) is 2.79. The molecular weight excluding hydrogens is 244 g/mol. The lowest BCUT2D eigenvalue weighted by Gasteiger charge is -2.04. The molecule has 2 nitrogen and oxygen atoms in total. The second-order valence-electron chi connectivity index (χ2n) is 4.99. The molecule has 0 aliphatic heterocycles. The summed E-state index contributed by atoms with van der Waals surface area (Å²) in [7, 11) is 0. The normalized spacial score (nSPS) is 10.8. The quantitative estimate of drug-likeness (QED) is 0.708. The van der Waals surface area contributed by atoms with Gasteiger partial charge in [0, 0.05) is 19.3 Å². The Hall–Kier alpha value is -1.83. The van der Waals surface area contributed by atoms with Gasteiger partial charge in [0.05, 0.1) is 6.20 Å². The Labute approximate surface area is 122 Å². The van der Waals surface area contributed by atoms with Gasteiger partial charge in [0.2, 0.25) is 0 Å². The highest BCUT2D eigenvalue weighted by Gasteiger charge is 2.25. The molecule has 1 heterocycles. The van der Waals surface area contributed by atoms with Gasteiger partial charge in [-0.2, -0.15) is 0 Å². The third-order valence-corrected chi connectivity index (χ3v) is 3.89. The van der Waals surface area contributed by atoms with Gasteiger partial charge in [0.1, 0.15) is 12.2 Å². The fraction of sp³-hybridized carbons (Fsp3) is 0.389. The molecule has 2 heteroatoms. The lowest BCUT2D eigenvalue weighted by Crippen LogP contribution is -2.41. The van der Waals surface area contributed by atoms with Crippen LogP contribution >= 0.6 is 0 Å². The maximum atomic E-state index is 3.99. The molecule has 0 saturated heterocycles. The molecule has 1 aromatic carbocycles. The molecule has 20 heavy (non-hydrogen) atoms. The molecule has 2 rings (SSSR count). The molecule has 0 aliphatic carbocycles. The Balaban J connectivity index is 2.55. The number of rotatable bonds is 6. The van der Waals surface area contributed by atoms with Gasteiger partial charge in [-0.1, -0.05) is 57.7 Å². The van der Waals surface area contributed by atoms with Gasteiger partial charge in [-0.25, -0.2) is 9.13 Å². The maximum Gasteiger partial charge on any atom is 0.261 e. The van der Waals surface area contributed by atoms with Crippen molar-refractivity contribution in [3.63, 3.8) is 0 Å². The monoisotopic (exact) mass is 269 g/mol. The minimum atomic E-state index is 0.945. The van der Waals surface area contributed by atoms with E-state index < -0.39 is 0 Å². The van der Waals surface area contributed by atoms with Gasteiger partial charge in [-0.05, 0) is 5.56 Å². The van der Waals surface area contributed by atoms with E-state index in [4.69, 9.17) is 0 Å². The van der Waals surface area contributed by atoms with Crippen LogP contribution in [0.2, 0.25) is 0 Å². The summed E-state index contributed by atoms with van der Waals surface area (Å²) in [5.41, 5.74) is 4.19. The number of hydrogen-bond acceptors (Lipinski definition) is 0. The van der Waals surface area contributed by atoms with Crippen LogP contribution in [0.1, 0.15) is 43.5 Å². The highest BCUT2D eigenvalue weighted by atomic mass is 15.2. The molecule has 0 saturated carbocycles. The molecular formula is C18H25N2+. The van der Waals surface area contributed by atoms with Crippen molar-refractivity contribution in [3.05, 3.63) is 59.7 Å². The third kappa shape index (κ3) is 2.55. The van der Waals surface area contributed by atoms with Gasteiger partial charge >= 0.3 is 0 Å². The third-order valence-electron chi connectivity index (χ3n) is 3.89. The first-order valence-electron chi connectivity index (χ1n) is 7.57. The van der Waals surface area contributed by atoms with Crippen LogP contribution < -0.4 is 4.57 Å². The fourth-order valence-corrected chi connectivity index (χ4v) is 3.04. The number of hydrogen-bond donors (Lipinski definition) is 0. The standard InChI is InChI=1S/C18H25N2/c1-5-16-17(6-2)20(18(7-3)19(16)8-4)14-15-12-10-9-11-13-15/h8-13H,4-7,14H2,1-3H3/q+1. The van der Waals surface area contributed by atoms with Gasteiger partial charge in [0.25, 0.3) is 5.82 Å². The van der Waals surface area contributed by atoms with Crippen LogP contribution in [0.4, 0.5) is 0 Å². The molecule has 0 atom stereocenters. The molecule has 0 unspecified atom stereocenters. The first-order chi connectivity index (χ1) is 9.76. The van der Waals surface area contributed by atoms with E-state index in [0.29, 0.717) is 0 Å². The Morgan fingerprint density at radius 2 is 1.75 bits per heavy atom. The van der Waals surface area contributed by atoms with Crippen molar-refractivity contribution in [1.29, 1.82) is 0 Å². The Bertz CT molecular complexity index is 579. The molecule has 1 aromatic heterocycles. The highest BCUT2D eigenvalue weighted by Crippen LogP contribution is 2.14. The average molecular weight is 269 g/mol. The Morgan fingerprint density at radius 1 is 1.05 bits per heavy atom. The van der Waals surface area contributed by atoms with E-state index in [1.54, 1.807) is 0 Å². The second kappa shape index (κ2) is 6.56. The minimum absolute atomic E-state index is 0.945. The van der Waals surface area contributed by atoms with Gasteiger partial charge in [-0.3, -0.25) is 0 Å². The van der Waals surface area contributed by atoms with Crippen LogP contribution in [0.5, 0.6) is 0 Å². The van der Waals surface area contributed by atoms with E-state index in [1.807, 2.05) is 6.20 Å². The molecule has 0 radical (unpaired) electrons. The van der Waals surface area contributed by atoms with Crippen LogP contribution in [0, 0.1) is 0 Å². The largest absolute Gasteiger partial charge is 0.261 e. The summed E-state index contributed by atoms with van der Waals surface area (Å²) in [4.78, 5) is 0. The van der Waals surface area contributed by atoms with Crippen LogP contribution in [0.3, 0.4) is 0 Å². The van der Waals surface area contributed by atoms with Crippen molar-refractivity contribution in [2.24, 2.45) is 0 Å². The number of benzene rings is 1. The van der Waals surface area contributed by atoms with Crippen molar-refractivity contribution < 1.29 is 4.57 Å². The molecule has 0 spiro atoms. The molecule has 0 N–H and O–H groups in total. The van der Waals surface area contributed by atoms with E-state index in [0.717, 1.165) is 25.8 Å². The van der Waals surface area contributed by atoms with Gasteiger partial charge in [-0.15, -0.1) is 0 Å². The SMILES string of the molecule is C=Cn1c(CC)c(CC)[n+](Cc2ccccc2)c1CC. The summed E-state index contributed by atoms with van der Waals surface area (Å²) < 4.78 is 4.75. The zero-order valence-corrected chi connectivity index (χ0v) is 12.9. The van der Waals surface area contributed by atoms with E-state index >= 15 is 0 Å². The van der Waals surface area contributed by atoms with Crippen LogP contribution in [-0.4, -0.2) is 4.57 Å². The molecule has 2 aromatic rings. The zero-order chi connectivity index (χ0) is 14.5. The molecule has 0 aliphatic rings. The molecule has 0 bridgehead atoms. The van der Waals surface area contributed by atoms with Crippen LogP contribution in [0.25, 0.3) is 6.20 Å².